The van der Waals surface area contributed by atoms with Crippen LogP contribution in [0.15, 0.2) is 146 Å². The van der Waals surface area contributed by atoms with E-state index in [0.29, 0.717) is 17.9 Å². The quantitative estimate of drug-likeness (QED) is 0.117. The molecule has 0 aliphatic rings. The van der Waals surface area contributed by atoms with Crippen LogP contribution in [0, 0.1) is 0 Å². The number of hydrogen-bond acceptors (Lipinski definition) is 4. The van der Waals surface area contributed by atoms with Crippen molar-refractivity contribution in [2.75, 3.05) is 0 Å². The standard InChI is InChI=1S/C41H35N5O/c1-2-15-36-28-32(39(29-47)42-36)26-30-24-25-37(31-16-7-3-8-17-31)38(27-30)40-43-44-45-46(40)41(33-18-9-4-10-19-33,34-20-11-5-12-21-34)35-22-13-6-14-23-35/h3-14,16-25,27-29,42H,2,15,26H2,1H3. The number of tetrazole rings is 1. The second kappa shape index (κ2) is 13.2. The highest BCUT2D eigenvalue weighted by Crippen LogP contribution is 2.43. The lowest BCUT2D eigenvalue weighted by Crippen LogP contribution is -2.39. The number of benzene rings is 5. The van der Waals surface area contributed by atoms with Gasteiger partial charge in [0.15, 0.2) is 12.1 Å². The predicted molar refractivity (Wildman–Crippen MR) is 186 cm³/mol. The van der Waals surface area contributed by atoms with Crippen LogP contribution in [-0.2, 0) is 18.4 Å². The fourth-order valence-corrected chi connectivity index (χ4v) is 6.69. The number of nitrogens with zero attached hydrogens (tertiary/aromatic N) is 4. The average Bonchev–Trinajstić information content (AvgIpc) is 3.78. The van der Waals surface area contributed by atoms with Crippen LogP contribution in [0.4, 0.5) is 0 Å². The largest absolute Gasteiger partial charge is 0.356 e. The third kappa shape index (κ3) is 5.59. The summed E-state index contributed by atoms with van der Waals surface area (Å²) >= 11 is 0. The highest BCUT2D eigenvalue weighted by Gasteiger charge is 2.42. The summed E-state index contributed by atoms with van der Waals surface area (Å²) < 4.78 is 1.98. The lowest BCUT2D eigenvalue weighted by atomic mass is 9.76. The minimum absolute atomic E-state index is 0.596. The molecule has 6 heteroatoms. The predicted octanol–water partition coefficient (Wildman–Crippen LogP) is 8.53. The van der Waals surface area contributed by atoms with Gasteiger partial charge in [-0.1, -0.05) is 147 Å². The fraction of sp³-hybridized carbons (Fsp3) is 0.122. The van der Waals surface area contributed by atoms with Gasteiger partial charge in [0.2, 0.25) is 0 Å². The molecule has 0 unspecified atom stereocenters. The smallest absolute Gasteiger partial charge is 0.184 e. The van der Waals surface area contributed by atoms with Crippen LogP contribution in [0.25, 0.3) is 22.5 Å². The number of carbonyl (C=O) groups is 1. The lowest BCUT2D eigenvalue weighted by molar-refractivity contribution is 0.111. The second-order valence-corrected chi connectivity index (χ2v) is 11.7. The topological polar surface area (TPSA) is 76.5 Å². The van der Waals surface area contributed by atoms with Crippen LogP contribution >= 0.6 is 0 Å². The molecule has 7 aromatic rings. The third-order valence-corrected chi connectivity index (χ3v) is 8.79. The fourth-order valence-electron chi connectivity index (χ4n) is 6.69. The molecule has 7 rings (SSSR count). The first-order valence-corrected chi connectivity index (χ1v) is 16.0. The van der Waals surface area contributed by atoms with Crippen molar-refractivity contribution in [2.45, 2.75) is 31.7 Å². The van der Waals surface area contributed by atoms with Crippen molar-refractivity contribution in [3.05, 3.63) is 185 Å². The summed E-state index contributed by atoms with van der Waals surface area (Å²) in [4.78, 5) is 15.3. The van der Waals surface area contributed by atoms with Crippen LogP contribution in [0.1, 0.15) is 57.3 Å². The van der Waals surface area contributed by atoms with E-state index in [-0.39, 0.29) is 0 Å². The van der Waals surface area contributed by atoms with Gasteiger partial charge in [0, 0.05) is 11.3 Å². The van der Waals surface area contributed by atoms with Crippen LogP contribution in [0.2, 0.25) is 0 Å². The van der Waals surface area contributed by atoms with E-state index in [1.807, 2.05) is 41.1 Å². The Bertz CT molecular complexity index is 1990. The molecule has 47 heavy (non-hydrogen) atoms. The monoisotopic (exact) mass is 613 g/mol. The number of nitrogens with one attached hydrogen (secondary N) is 1. The SMILES string of the molecule is CCCc1cc(Cc2ccc(-c3ccccc3)c(-c3nnnn3C(c3ccccc3)(c3ccccc3)c3ccccc3)c2)c(C=O)[nH]1. The molecule has 0 fully saturated rings. The van der Waals surface area contributed by atoms with E-state index in [1.54, 1.807) is 0 Å². The lowest BCUT2D eigenvalue weighted by Gasteiger charge is -2.36. The first-order chi connectivity index (χ1) is 23.2. The molecule has 0 saturated carbocycles. The first kappa shape index (κ1) is 29.8. The van der Waals surface area contributed by atoms with Crippen molar-refractivity contribution >= 4 is 6.29 Å². The summed E-state index contributed by atoms with van der Waals surface area (Å²) in [6, 6.07) is 50.2. The highest BCUT2D eigenvalue weighted by molar-refractivity contribution is 5.82. The molecule has 0 radical (unpaired) electrons. The van der Waals surface area contributed by atoms with E-state index in [9.17, 15) is 4.79 Å². The molecule has 0 spiro atoms. The van der Waals surface area contributed by atoms with Crippen molar-refractivity contribution < 1.29 is 4.79 Å². The van der Waals surface area contributed by atoms with Gasteiger partial charge in [0.25, 0.3) is 0 Å². The number of carbonyl (C=O) groups excluding carboxylic acids is 1. The summed E-state index contributed by atoms with van der Waals surface area (Å²) in [6.07, 6.45) is 3.42. The number of aromatic nitrogens is 5. The maximum atomic E-state index is 12.0. The highest BCUT2D eigenvalue weighted by atomic mass is 16.1. The molecule has 230 valence electrons. The molecule has 0 amide bonds. The van der Waals surface area contributed by atoms with Gasteiger partial charge in [0.1, 0.15) is 5.54 Å². The van der Waals surface area contributed by atoms with E-state index < -0.39 is 5.54 Å². The van der Waals surface area contributed by atoms with Gasteiger partial charge in [-0.3, -0.25) is 4.79 Å². The second-order valence-electron chi connectivity index (χ2n) is 11.7. The summed E-state index contributed by atoms with van der Waals surface area (Å²) in [5.41, 5.74) is 8.96. The molecule has 1 N–H and O–H groups in total. The average molecular weight is 614 g/mol. The molecular weight excluding hydrogens is 578 g/mol. The van der Waals surface area contributed by atoms with E-state index >= 15 is 0 Å². The van der Waals surface area contributed by atoms with Gasteiger partial charge in [-0.2, -0.15) is 0 Å². The molecular formula is C41H35N5O. The zero-order valence-electron chi connectivity index (χ0n) is 26.3. The molecule has 0 atom stereocenters. The molecule has 2 heterocycles. The molecule has 0 saturated heterocycles. The maximum Gasteiger partial charge on any atom is 0.184 e. The molecule has 5 aromatic carbocycles. The van der Waals surface area contributed by atoms with Gasteiger partial charge in [-0.05, 0) is 74.3 Å². The maximum absolute atomic E-state index is 12.0. The normalized spacial score (nSPS) is 11.4. The number of aryl methyl sites for hydroxylation is 1. The van der Waals surface area contributed by atoms with Crippen LogP contribution in [0.3, 0.4) is 0 Å². The number of rotatable bonds is 11. The van der Waals surface area contributed by atoms with Gasteiger partial charge >= 0.3 is 0 Å². The van der Waals surface area contributed by atoms with Crippen molar-refractivity contribution in [2.24, 2.45) is 0 Å². The van der Waals surface area contributed by atoms with Gasteiger partial charge < -0.3 is 4.98 Å². The number of H-pyrrole nitrogens is 1. The summed E-state index contributed by atoms with van der Waals surface area (Å²) in [5, 5.41) is 13.9. The number of aldehydes is 1. The van der Waals surface area contributed by atoms with Crippen molar-refractivity contribution in [3.63, 3.8) is 0 Å². The van der Waals surface area contributed by atoms with E-state index in [2.05, 4.69) is 126 Å². The Balaban J connectivity index is 1.49. The Hall–Kier alpha value is -5.88. The van der Waals surface area contributed by atoms with E-state index in [1.165, 1.54) is 0 Å². The van der Waals surface area contributed by atoms with E-state index in [0.717, 1.165) is 69.3 Å². The van der Waals surface area contributed by atoms with Crippen molar-refractivity contribution in [1.82, 2.24) is 25.2 Å². The molecule has 0 aliphatic carbocycles. The van der Waals surface area contributed by atoms with E-state index in [4.69, 9.17) is 10.3 Å². The van der Waals surface area contributed by atoms with Gasteiger partial charge in [-0.25, -0.2) is 4.68 Å². The van der Waals surface area contributed by atoms with Crippen molar-refractivity contribution in [3.8, 4) is 22.5 Å². The number of aromatic amines is 1. The molecule has 0 aliphatic heterocycles. The minimum Gasteiger partial charge on any atom is -0.356 e. The molecule has 2 aromatic heterocycles. The minimum atomic E-state index is -0.882. The number of hydrogen-bond donors (Lipinski definition) is 1. The zero-order valence-corrected chi connectivity index (χ0v) is 26.3. The first-order valence-electron chi connectivity index (χ1n) is 16.0. The Labute approximate surface area is 274 Å². The summed E-state index contributed by atoms with van der Waals surface area (Å²) in [6.45, 7) is 2.14. The van der Waals surface area contributed by atoms with Gasteiger partial charge in [0.05, 0.1) is 5.69 Å². The Morgan fingerprint density at radius 1 is 0.702 bits per heavy atom. The van der Waals surface area contributed by atoms with Crippen LogP contribution < -0.4 is 0 Å². The molecule has 0 bridgehead atoms. The third-order valence-electron chi connectivity index (χ3n) is 8.79. The zero-order chi connectivity index (χ0) is 32.1. The summed E-state index contributed by atoms with van der Waals surface area (Å²) in [5.74, 6) is 0.638. The molecule has 6 nitrogen and oxygen atoms in total. The van der Waals surface area contributed by atoms with Crippen LogP contribution in [-0.4, -0.2) is 31.5 Å². The summed E-state index contributed by atoms with van der Waals surface area (Å²) in [7, 11) is 0. The Kier molecular flexibility index (Phi) is 8.39. The Morgan fingerprint density at radius 3 is 1.83 bits per heavy atom. The Morgan fingerprint density at radius 2 is 1.28 bits per heavy atom. The van der Waals surface area contributed by atoms with Crippen LogP contribution in [0.5, 0.6) is 0 Å². The van der Waals surface area contributed by atoms with Crippen molar-refractivity contribution in [1.29, 1.82) is 0 Å². The van der Waals surface area contributed by atoms with Gasteiger partial charge in [-0.15, -0.1) is 5.10 Å².